The van der Waals surface area contributed by atoms with Crippen molar-refractivity contribution in [3.63, 3.8) is 0 Å². The van der Waals surface area contributed by atoms with Crippen LogP contribution in [-0.2, 0) is 17.6 Å². The lowest BCUT2D eigenvalue weighted by Gasteiger charge is -2.36. The molecular weight excluding hydrogens is 392 g/mol. The number of aryl methyl sites for hydroxylation is 2. The van der Waals surface area contributed by atoms with Crippen LogP contribution in [0.15, 0.2) is 0 Å². The van der Waals surface area contributed by atoms with E-state index in [0.29, 0.717) is 19.0 Å². The standard InChI is InChI=1S/C21H29ClN4OS/c1-4-13(2)18-23-19(25-9-11-26(12-10-25)21(27)14(3)22)17-15-7-5-6-8-16(15)28-20(17)24-18/h13-14H,4-12H2,1-3H3/t13-,14+/m1/s1. The topological polar surface area (TPSA) is 49.3 Å². The first-order valence-electron chi connectivity index (χ1n) is 10.5. The van der Waals surface area contributed by atoms with Gasteiger partial charge in [-0.05, 0) is 44.6 Å². The van der Waals surface area contributed by atoms with E-state index in [1.54, 1.807) is 6.92 Å². The quantitative estimate of drug-likeness (QED) is 0.689. The van der Waals surface area contributed by atoms with Gasteiger partial charge in [0.15, 0.2) is 0 Å². The van der Waals surface area contributed by atoms with Gasteiger partial charge >= 0.3 is 0 Å². The van der Waals surface area contributed by atoms with Crippen LogP contribution in [0.3, 0.4) is 0 Å². The number of anilines is 1. The van der Waals surface area contributed by atoms with Crippen LogP contribution in [0.5, 0.6) is 0 Å². The summed E-state index contributed by atoms with van der Waals surface area (Å²) < 4.78 is 0. The van der Waals surface area contributed by atoms with Crippen molar-refractivity contribution in [1.82, 2.24) is 14.9 Å². The van der Waals surface area contributed by atoms with Crippen LogP contribution in [0.2, 0.25) is 0 Å². The first-order valence-corrected chi connectivity index (χ1v) is 11.7. The number of alkyl halides is 1. The summed E-state index contributed by atoms with van der Waals surface area (Å²) in [6.07, 6.45) is 5.87. The summed E-state index contributed by atoms with van der Waals surface area (Å²) in [7, 11) is 0. The monoisotopic (exact) mass is 420 g/mol. The number of carbonyl (C=O) groups is 1. The van der Waals surface area contributed by atoms with Gasteiger partial charge in [-0.1, -0.05) is 13.8 Å². The van der Waals surface area contributed by atoms with Gasteiger partial charge in [-0.3, -0.25) is 4.79 Å². The Balaban J connectivity index is 1.71. The second-order valence-corrected chi connectivity index (χ2v) is 9.77. The van der Waals surface area contributed by atoms with E-state index in [2.05, 4.69) is 18.7 Å². The van der Waals surface area contributed by atoms with Crippen LogP contribution in [-0.4, -0.2) is 52.3 Å². The second kappa shape index (κ2) is 8.15. The molecule has 0 radical (unpaired) electrons. The number of fused-ring (bicyclic) bond motifs is 3. The Morgan fingerprint density at radius 3 is 2.54 bits per heavy atom. The highest BCUT2D eigenvalue weighted by atomic mass is 35.5. The Hall–Kier alpha value is -1.40. The van der Waals surface area contributed by atoms with Gasteiger partial charge in [0, 0.05) is 37.0 Å². The number of hydrogen-bond donors (Lipinski definition) is 0. The Morgan fingerprint density at radius 1 is 1.14 bits per heavy atom. The second-order valence-electron chi connectivity index (χ2n) is 8.03. The number of hydrogen-bond acceptors (Lipinski definition) is 5. The molecule has 0 N–H and O–H groups in total. The summed E-state index contributed by atoms with van der Waals surface area (Å²) in [4.78, 5) is 29.2. The van der Waals surface area contributed by atoms with E-state index < -0.39 is 5.38 Å². The van der Waals surface area contributed by atoms with Crippen molar-refractivity contribution in [3.8, 4) is 0 Å². The zero-order chi connectivity index (χ0) is 19.8. The van der Waals surface area contributed by atoms with Crippen LogP contribution >= 0.6 is 22.9 Å². The summed E-state index contributed by atoms with van der Waals surface area (Å²) in [6, 6.07) is 0. The molecule has 0 aromatic carbocycles. The molecule has 1 aliphatic heterocycles. The lowest BCUT2D eigenvalue weighted by molar-refractivity contribution is -0.130. The molecular formula is C21H29ClN4OS. The van der Waals surface area contributed by atoms with E-state index in [0.717, 1.165) is 42.4 Å². The third kappa shape index (κ3) is 3.61. The number of rotatable bonds is 4. The molecule has 1 saturated heterocycles. The Morgan fingerprint density at radius 2 is 1.86 bits per heavy atom. The molecule has 3 heterocycles. The molecule has 0 bridgehead atoms. The lowest BCUT2D eigenvalue weighted by atomic mass is 9.96. The molecule has 2 aromatic rings. The molecule has 4 rings (SSSR count). The minimum Gasteiger partial charge on any atom is -0.352 e. The van der Waals surface area contributed by atoms with E-state index in [4.69, 9.17) is 21.6 Å². The Labute approximate surface area is 176 Å². The van der Waals surface area contributed by atoms with Crippen LogP contribution in [0.1, 0.15) is 62.2 Å². The molecule has 0 spiro atoms. The molecule has 2 atom stereocenters. The fraction of sp³-hybridized carbons (Fsp3) is 0.667. The fourth-order valence-corrected chi connectivity index (χ4v) is 5.58. The summed E-state index contributed by atoms with van der Waals surface area (Å²) in [5.41, 5.74) is 1.48. The van der Waals surface area contributed by atoms with E-state index in [1.165, 1.54) is 35.1 Å². The number of thiophene rings is 1. The average molecular weight is 421 g/mol. The number of halogens is 1. The van der Waals surface area contributed by atoms with Crippen LogP contribution < -0.4 is 4.90 Å². The predicted molar refractivity (Wildman–Crippen MR) is 117 cm³/mol. The van der Waals surface area contributed by atoms with E-state index >= 15 is 0 Å². The highest BCUT2D eigenvalue weighted by molar-refractivity contribution is 7.19. The molecule has 28 heavy (non-hydrogen) atoms. The van der Waals surface area contributed by atoms with Gasteiger partial charge in [0.05, 0.1) is 5.39 Å². The molecule has 5 nitrogen and oxygen atoms in total. The highest BCUT2D eigenvalue weighted by Crippen LogP contribution is 2.40. The van der Waals surface area contributed by atoms with Gasteiger partial charge in [0.25, 0.3) is 0 Å². The number of nitrogens with zero attached hydrogens (tertiary/aromatic N) is 4. The summed E-state index contributed by atoms with van der Waals surface area (Å²) >= 11 is 7.87. The third-order valence-corrected chi connectivity index (χ3v) is 7.47. The fourth-order valence-electron chi connectivity index (χ4n) is 4.18. The normalized spacial score (nSPS) is 19.6. The van der Waals surface area contributed by atoms with Crippen molar-refractivity contribution in [2.45, 2.75) is 64.2 Å². The maximum atomic E-state index is 12.2. The summed E-state index contributed by atoms with van der Waals surface area (Å²) in [5.74, 6) is 2.42. The smallest absolute Gasteiger partial charge is 0.240 e. The molecule has 0 saturated carbocycles. The number of aromatic nitrogens is 2. The summed E-state index contributed by atoms with van der Waals surface area (Å²) in [6.45, 7) is 9.14. The van der Waals surface area contributed by atoms with Gasteiger partial charge in [-0.25, -0.2) is 9.97 Å². The van der Waals surface area contributed by atoms with Crippen molar-refractivity contribution in [2.75, 3.05) is 31.1 Å². The van der Waals surface area contributed by atoms with Crippen molar-refractivity contribution in [2.24, 2.45) is 0 Å². The van der Waals surface area contributed by atoms with Gasteiger partial charge < -0.3 is 9.80 Å². The maximum Gasteiger partial charge on any atom is 0.240 e. The Kier molecular flexibility index (Phi) is 5.79. The van der Waals surface area contributed by atoms with Crippen molar-refractivity contribution < 1.29 is 4.79 Å². The number of piperazine rings is 1. The summed E-state index contributed by atoms with van der Waals surface area (Å²) in [5, 5.41) is 0.815. The average Bonchev–Trinajstić information content (AvgIpc) is 3.10. The maximum absolute atomic E-state index is 12.2. The lowest BCUT2D eigenvalue weighted by Crippen LogP contribution is -2.50. The SMILES string of the molecule is CC[C@@H](C)c1nc(N2CCN(C(=O)[C@H](C)Cl)CC2)c2c3c(sc2n1)CCCC3. The van der Waals surface area contributed by atoms with Gasteiger partial charge in [0.1, 0.15) is 21.8 Å². The van der Waals surface area contributed by atoms with E-state index in [9.17, 15) is 4.79 Å². The van der Waals surface area contributed by atoms with Crippen molar-refractivity contribution in [1.29, 1.82) is 0 Å². The van der Waals surface area contributed by atoms with E-state index in [-0.39, 0.29) is 5.91 Å². The molecule has 0 unspecified atom stereocenters. The van der Waals surface area contributed by atoms with Crippen LogP contribution in [0, 0.1) is 0 Å². The zero-order valence-electron chi connectivity index (χ0n) is 17.0. The number of amides is 1. The molecule has 1 amide bonds. The van der Waals surface area contributed by atoms with Crippen molar-refractivity contribution in [3.05, 3.63) is 16.3 Å². The Bertz CT molecular complexity index is 873. The largest absolute Gasteiger partial charge is 0.352 e. The first-order chi connectivity index (χ1) is 13.5. The minimum absolute atomic E-state index is 0.0300. The predicted octanol–water partition coefficient (Wildman–Crippen LogP) is 4.36. The first kappa shape index (κ1) is 19.9. The highest BCUT2D eigenvalue weighted by Gasteiger charge is 2.28. The van der Waals surface area contributed by atoms with Gasteiger partial charge in [-0.2, -0.15) is 0 Å². The van der Waals surface area contributed by atoms with Crippen LogP contribution in [0.4, 0.5) is 5.82 Å². The van der Waals surface area contributed by atoms with Gasteiger partial charge in [-0.15, -0.1) is 22.9 Å². The molecule has 152 valence electrons. The molecule has 1 fully saturated rings. The zero-order valence-corrected chi connectivity index (χ0v) is 18.6. The van der Waals surface area contributed by atoms with Crippen molar-refractivity contribution >= 4 is 44.9 Å². The van der Waals surface area contributed by atoms with Crippen LogP contribution in [0.25, 0.3) is 10.2 Å². The molecule has 2 aromatic heterocycles. The number of carbonyl (C=O) groups excluding carboxylic acids is 1. The van der Waals surface area contributed by atoms with E-state index in [1.807, 2.05) is 16.2 Å². The third-order valence-electron chi connectivity index (χ3n) is 6.10. The minimum atomic E-state index is -0.460. The van der Waals surface area contributed by atoms with Gasteiger partial charge in [0.2, 0.25) is 5.91 Å². The molecule has 7 heteroatoms. The molecule has 1 aliphatic carbocycles. The molecule has 2 aliphatic rings.